The van der Waals surface area contributed by atoms with Crippen molar-refractivity contribution in [1.82, 2.24) is 25.7 Å². The Bertz CT molecular complexity index is 962. The number of benzene rings is 2. The predicted octanol–water partition coefficient (Wildman–Crippen LogP) is 2.31. The number of hydrogen-bond acceptors (Lipinski definition) is 5. The lowest BCUT2D eigenvalue weighted by atomic mass is 9.94. The van der Waals surface area contributed by atoms with E-state index in [0.29, 0.717) is 24.3 Å². The first-order valence-corrected chi connectivity index (χ1v) is 8.83. The number of para-hydroxylation sites is 2. The number of carbonyl (C=O) groups is 1. The minimum Gasteiger partial charge on any atom is -0.340 e. The van der Waals surface area contributed by atoms with Gasteiger partial charge in [-0.05, 0) is 29.8 Å². The first-order chi connectivity index (χ1) is 13.1. The van der Waals surface area contributed by atoms with Gasteiger partial charge in [-0.1, -0.05) is 24.3 Å². The summed E-state index contributed by atoms with van der Waals surface area (Å²) in [5.74, 6) is -0.278. The van der Waals surface area contributed by atoms with Crippen LogP contribution in [0, 0.1) is 11.7 Å². The minimum atomic E-state index is -0.261. The van der Waals surface area contributed by atoms with Gasteiger partial charge in [-0.2, -0.15) is 0 Å². The molecule has 0 radical (unpaired) electrons. The molecule has 0 bridgehead atoms. The molecule has 1 saturated heterocycles. The highest BCUT2D eigenvalue weighted by Gasteiger charge is 2.30. The first-order valence-electron chi connectivity index (χ1n) is 8.83. The van der Waals surface area contributed by atoms with E-state index in [1.807, 2.05) is 24.3 Å². The Balaban J connectivity index is 1.49. The summed E-state index contributed by atoms with van der Waals surface area (Å²) in [6.45, 7) is 1.25. The molecule has 6 nitrogen and oxygen atoms in total. The molecule has 3 aromatic rings. The second-order valence-electron chi connectivity index (χ2n) is 6.74. The highest BCUT2D eigenvalue weighted by atomic mass is 19.1. The topological polar surface area (TPSA) is 70.2 Å². The molecule has 2 unspecified atom stereocenters. The summed E-state index contributed by atoms with van der Waals surface area (Å²) < 4.78 is 13.2. The molecular formula is C20H20FN5O. The molecule has 4 rings (SSSR count). The molecule has 2 heterocycles. The Morgan fingerprint density at radius 1 is 1.19 bits per heavy atom. The van der Waals surface area contributed by atoms with Crippen LogP contribution in [0.2, 0.25) is 0 Å². The van der Waals surface area contributed by atoms with Crippen molar-refractivity contribution in [3.63, 3.8) is 0 Å². The third kappa shape index (κ3) is 3.65. The molecule has 0 spiro atoms. The minimum absolute atomic E-state index is 0.00328. The zero-order valence-electron chi connectivity index (χ0n) is 14.9. The van der Waals surface area contributed by atoms with Crippen LogP contribution in [0.3, 0.4) is 0 Å². The number of halogens is 1. The summed E-state index contributed by atoms with van der Waals surface area (Å²) in [4.78, 5) is 23.2. The number of hydrogen-bond donors (Lipinski definition) is 2. The smallest absolute Gasteiger partial charge is 0.273 e. The van der Waals surface area contributed by atoms with E-state index in [-0.39, 0.29) is 23.7 Å². The highest BCUT2D eigenvalue weighted by Crippen LogP contribution is 2.26. The first kappa shape index (κ1) is 17.5. The number of nitrogens with zero attached hydrogens (tertiary/aromatic N) is 3. The Labute approximate surface area is 156 Å². The quantitative estimate of drug-likeness (QED) is 0.743. The van der Waals surface area contributed by atoms with Gasteiger partial charge in [0, 0.05) is 26.1 Å². The molecule has 1 aliphatic rings. The van der Waals surface area contributed by atoms with Gasteiger partial charge in [-0.3, -0.25) is 15.2 Å². The van der Waals surface area contributed by atoms with E-state index in [9.17, 15) is 9.18 Å². The van der Waals surface area contributed by atoms with E-state index >= 15 is 0 Å². The number of carbonyl (C=O) groups excluding carboxylic acids is 1. The van der Waals surface area contributed by atoms with Gasteiger partial charge in [0.1, 0.15) is 11.5 Å². The van der Waals surface area contributed by atoms with Crippen LogP contribution < -0.4 is 10.9 Å². The fourth-order valence-electron chi connectivity index (χ4n) is 3.42. The summed E-state index contributed by atoms with van der Waals surface area (Å²) >= 11 is 0. The van der Waals surface area contributed by atoms with E-state index in [4.69, 9.17) is 0 Å². The number of amides is 1. The molecule has 27 heavy (non-hydrogen) atoms. The van der Waals surface area contributed by atoms with Gasteiger partial charge in [0.05, 0.1) is 23.3 Å². The summed E-state index contributed by atoms with van der Waals surface area (Å²) in [6.07, 6.45) is 1.52. The highest BCUT2D eigenvalue weighted by molar-refractivity contribution is 5.93. The monoisotopic (exact) mass is 365 g/mol. The summed E-state index contributed by atoms with van der Waals surface area (Å²) in [7, 11) is 1.76. The van der Waals surface area contributed by atoms with Gasteiger partial charge in [-0.25, -0.2) is 14.8 Å². The third-order valence-electron chi connectivity index (χ3n) is 4.85. The van der Waals surface area contributed by atoms with E-state index in [1.54, 1.807) is 24.1 Å². The number of aromatic nitrogens is 2. The van der Waals surface area contributed by atoms with Crippen molar-refractivity contribution in [3.8, 4) is 0 Å². The number of fused-ring (bicyclic) bond motifs is 1. The average Bonchev–Trinajstić information content (AvgIpc) is 3.15. The maximum Gasteiger partial charge on any atom is 0.273 e. The van der Waals surface area contributed by atoms with Crippen LogP contribution in [-0.2, 0) is 0 Å². The molecule has 138 valence electrons. The van der Waals surface area contributed by atoms with Crippen LogP contribution in [0.15, 0.2) is 54.7 Å². The lowest BCUT2D eigenvalue weighted by Crippen LogP contribution is -2.35. The Morgan fingerprint density at radius 2 is 1.93 bits per heavy atom. The zero-order chi connectivity index (χ0) is 18.8. The molecule has 2 atom stereocenters. The molecule has 0 saturated carbocycles. The second kappa shape index (κ2) is 7.38. The molecule has 1 amide bonds. The fraction of sp³-hybridized carbons (Fsp3) is 0.250. The molecule has 0 aliphatic carbocycles. The van der Waals surface area contributed by atoms with Gasteiger partial charge in [0.2, 0.25) is 0 Å². The van der Waals surface area contributed by atoms with Crippen molar-refractivity contribution in [2.75, 3.05) is 20.1 Å². The maximum atomic E-state index is 13.2. The lowest BCUT2D eigenvalue weighted by Gasteiger charge is -2.24. The number of rotatable bonds is 4. The normalized spacial score (nSPS) is 19.3. The Morgan fingerprint density at radius 3 is 2.70 bits per heavy atom. The Kier molecular flexibility index (Phi) is 4.79. The van der Waals surface area contributed by atoms with Gasteiger partial charge < -0.3 is 4.90 Å². The molecule has 2 N–H and O–H groups in total. The second-order valence-corrected chi connectivity index (χ2v) is 6.74. The van der Waals surface area contributed by atoms with Crippen LogP contribution in [0.1, 0.15) is 22.1 Å². The number of nitrogens with one attached hydrogen (secondary N) is 2. The van der Waals surface area contributed by atoms with Gasteiger partial charge in [0.15, 0.2) is 0 Å². The van der Waals surface area contributed by atoms with E-state index < -0.39 is 0 Å². The summed E-state index contributed by atoms with van der Waals surface area (Å²) in [6, 6.07) is 13.9. The van der Waals surface area contributed by atoms with Crippen LogP contribution in [0.4, 0.5) is 4.39 Å². The van der Waals surface area contributed by atoms with Crippen molar-refractivity contribution < 1.29 is 9.18 Å². The van der Waals surface area contributed by atoms with Crippen molar-refractivity contribution in [3.05, 3.63) is 71.8 Å². The predicted molar refractivity (Wildman–Crippen MR) is 100 cm³/mol. The summed E-state index contributed by atoms with van der Waals surface area (Å²) in [5, 5.41) is 0. The van der Waals surface area contributed by atoms with E-state index in [0.717, 1.165) is 11.1 Å². The zero-order valence-corrected chi connectivity index (χ0v) is 14.9. The molecule has 1 aromatic heterocycles. The molecule has 2 aromatic carbocycles. The molecule has 7 heteroatoms. The standard InChI is InChI=1S/C20H20FN5O/c1-26(20(27)18-11-22-16-4-2-3-5-17(16)24-18)12-14-10-23-25-19(14)13-6-8-15(21)9-7-13/h2-9,11,14,19,23,25H,10,12H2,1H3. The van der Waals surface area contributed by atoms with Crippen molar-refractivity contribution in [1.29, 1.82) is 0 Å². The fourth-order valence-corrected chi connectivity index (χ4v) is 3.42. The van der Waals surface area contributed by atoms with Gasteiger partial charge >= 0.3 is 0 Å². The molecule has 1 fully saturated rings. The van der Waals surface area contributed by atoms with Crippen molar-refractivity contribution in [2.24, 2.45) is 5.92 Å². The molecular weight excluding hydrogens is 345 g/mol. The average molecular weight is 365 g/mol. The van der Waals surface area contributed by atoms with Crippen LogP contribution in [-0.4, -0.2) is 40.9 Å². The van der Waals surface area contributed by atoms with E-state index in [2.05, 4.69) is 20.8 Å². The van der Waals surface area contributed by atoms with E-state index in [1.165, 1.54) is 18.3 Å². The van der Waals surface area contributed by atoms with Crippen LogP contribution >= 0.6 is 0 Å². The maximum absolute atomic E-state index is 13.2. The number of hydrazine groups is 1. The largest absolute Gasteiger partial charge is 0.340 e. The van der Waals surface area contributed by atoms with Crippen LogP contribution in [0.5, 0.6) is 0 Å². The van der Waals surface area contributed by atoms with Crippen molar-refractivity contribution >= 4 is 16.9 Å². The van der Waals surface area contributed by atoms with Gasteiger partial charge in [0.25, 0.3) is 5.91 Å². The summed E-state index contributed by atoms with van der Waals surface area (Å²) in [5.41, 5.74) is 9.12. The van der Waals surface area contributed by atoms with Crippen molar-refractivity contribution in [2.45, 2.75) is 6.04 Å². The van der Waals surface area contributed by atoms with Crippen LogP contribution in [0.25, 0.3) is 11.0 Å². The SMILES string of the molecule is CN(CC1CNNC1c1ccc(F)cc1)C(=O)c1cnc2ccccc2n1. The van der Waals surface area contributed by atoms with Gasteiger partial charge in [-0.15, -0.1) is 0 Å². The Hall–Kier alpha value is -2.90. The lowest BCUT2D eigenvalue weighted by molar-refractivity contribution is 0.0765. The molecule has 1 aliphatic heterocycles. The third-order valence-corrected chi connectivity index (χ3v) is 4.85.